The molecule has 0 aliphatic carbocycles. The number of nitrogens with one attached hydrogen (secondary N) is 3. The second-order valence-corrected chi connectivity index (χ2v) is 6.22. The fourth-order valence-electron chi connectivity index (χ4n) is 2.87. The van der Waals surface area contributed by atoms with Crippen molar-refractivity contribution in [3.8, 4) is 17.1 Å². The van der Waals surface area contributed by atoms with E-state index in [2.05, 4.69) is 15.7 Å². The van der Waals surface area contributed by atoms with Crippen LogP contribution in [0.15, 0.2) is 24.4 Å². The number of anilines is 1. The number of aliphatic carboxylic acids is 1. The third-order valence-electron chi connectivity index (χ3n) is 4.15. The number of amidine groups is 1. The van der Waals surface area contributed by atoms with E-state index in [1.54, 1.807) is 22.8 Å². The molecule has 0 bridgehead atoms. The standard InChI is InChI=1S/C17H19F3N6O3/c1-22-26(9-17(18,19)20)15(21)12-8-25-4-5-29-13-6-10(23-7-14(27)28)2-3-11(13)16(25)24-12/h2-3,6,8,21-23H,4-5,7,9H2,1H3,(H,27,28). The van der Waals surface area contributed by atoms with E-state index in [0.29, 0.717) is 34.4 Å². The summed E-state index contributed by atoms with van der Waals surface area (Å²) in [5.41, 5.74) is 3.58. The number of aromatic nitrogens is 2. The Morgan fingerprint density at radius 2 is 2.21 bits per heavy atom. The van der Waals surface area contributed by atoms with Gasteiger partial charge < -0.3 is 19.7 Å². The van der Waals surface area contributed by atoms with Gasteiger partial charge in [0, 0.05) is 25.0 Å². The van der Waals surface area contributed by atoms with Crippen LogP contribution in [-0.2, 0) is 11.3 Å². The van der Waals surface area contributed by atoms with Crippen molar-refractivity contribution in [3.05, 3.63) is 30.1 Å². The fourth-order valence-corrected chi connectivity index (χ4v) is 2.87. The summed E-state index contributed by atoms with van der Waals surface area (Å²) < 4.78 is 45.6. The Morgan fingerprint density at radius 1 is 1.45 bits per heavy atom. The van der Waals surface area contributed by atoms with Crippen molar-refractivity contribution in [2.75, 3.05) is 32.1 Å². The topological polar surface area (TPSA) is 116 Å². The number of carboxylic acid groups (broad SMARTS) is 1. The van der Waals surface area contributed by atoms with Gasteiger partial charge in [0.2, 0.25) is 0 Å². The van der Waals surface area contributed by atoms with Crippen molar-refractivity contribution in [1.82, 2.24) is 20.0 Å². The lowest BCUT2D eigenvalue weighted by atomic mass is 10.1. The summed E-state index contributed by atoms with van der Waals surface area (Å²) in [5, 5.41) is 20.3. The third kappa shape index (κ3) is 4.77. The number of ether oxygens (including phenoxy) is 1. The monoisotopic (exact) mass is 412 g/mol. The van der Waals surface area contributed by atoms with Gasteiger partial charge in [0.15, 0.2) is 5.84 Å². The Hall–Kier alpha value is -3.28. The molecule has 0 saturated carbocycles. The fraction of sp³-hybridized carbons (Fsp3) is 0.353. The lowest BCUT2D eigenvalue weighted by Gasteiger charge is -2.23. The van der Waals surface area contributed by atoms with Crippen molar-refractivity contribution in [3.63, 3.8) is 0 Å². The highest BCUT2D eigenvalue weighted by Gasteiger charge is 2.33. The number of fused-ring (bicyclic) bond motifs is 3. The van der Waals surface area contributed by atoms with Crippen LogP contribution in [0.5, 0.6) is 5.75 Å². The van der Waals surface area contributed by atoms with Crippen molar-refractivity contribution in [2.45, 2.75) is 12.7 Å². The molecule has 12 heteroatoms. The quantitative estimate of drug-likeness (QED) is 0.325. The van der Waals surface area contributed by atoms with Crippen LogP contribution < -0.4 is 15.5 Å². The predicted molar refractivity (Wildman–Crippen MR) is 97.9 cm³/mol. The van der Waals surface area contributed by atoms with Gasteiger partial charge in [-0.2, -0.15) is 13.2 Å². The van der Waals surface area contributed by atoms with Crippen LogP contribution in [0, 0.1) is 5.41 Å². The molecule has 0 unspecified atom stereocenters. The summed E-state index contributed by atoms with van der Waals surface area (Å²) in [6.07, 6.45) is -2.97. The largest absolute Gasteiger partial charge is 0.491 e. The maximum absolute atomic E-state index is 12.7. The van der Waals surface area contributed by atoms with E-state index in [1.807, 2.05) is 0 Å². The van der Waals surface area contributed by atoms with Crippen molar-refractivity contribution >= 4 is 17.5 Å². The number of alkyl halides is 3. The van der Waals surface area contributed by atoms with Gasteiger partial charge in [0.05, 0.1) is 12.1 Å². The number of imidazole rings is 1. The minimum Gasteiger partial charge on any atom is -0.491 e. The van der Waals surface area contributed by atoms with Crippen molar-refractivity contribution < 1.29 is 27.8 Å². The number of hydrogen-bond donors (Lipinski definition) is 4. The van der Waals surface area contributed by atoms with Crippen LogP contribution in [-0.4, -0.2) is 64.4 Å². The summed E-state index contributed by atoms with van der Waals surface area (Å²) in [5.74, 6) is -0.506. The number of hydrazine groups is 1. The number of hydrogen-bond acceptors (Lipinski definition) is 6. The SMILES string of the molecule is CNN(CC(F)(F)F)C(=N)c1cn2c(n1)-c1ccc(NCC(=O)O)cc1OCC2. The highest BCUT2D eigenvalue weighted by Crippen LogP contribution is 2.34. The van der Waals surface area contributed by atoms with Crippen LogP contribution in [0.3, 0.4) is 0 Å². The first kappa shape index (κ1) is 20.5. The van der Waals surface area contributed by atoms with E-state index in [9.17, 15) is 18.0 Å². The molecule has 156 valence electrons. The highest BCUT2D eigenvalue weighted by atomic mass is 19.4. The summed E-state index contributed by atoms with van der Waals surface area (Å²) in [4.78, 5) is 15.1. The molecule has 0 saturated heterocycles. The van der Waals surface area contributed by atoms with E-state index in [0.717, 1.165) is 0 Å². The van der Waals surface area contributed by atoms with Gasteiger partial charge >= 0.3 is 12.1 Å². The number of carbonyl (C=O) groups is 1. The summed E-state index contributed by atoms with van der Waals surface area (Å²) in [7, 11) is 1.30. The molecule has 3 rings (SSSR count). The van der Waals surface area contributed by atoms with Gasteiger partial charge in [-0.3, -0.25) is 15.2 Å². The molecular formula is C17H19F3N6O3. The second kappa shape index (κ2) is 7.99. The maximum atomic E-state index is 12.7. The van der Waals surface area contributed by atoms with Crippen LogP contribution in [0.2, 0.25) is 0 Å². The smallest absolute Gasteiger partial charge is 0.407 e. The minimum atomic E-state index is -4.48. The first-order valence-corrected chi connectivity index (χ1v) is 8.58. The van der Waals surface area contributed by atoms with Gasteiger partial charge in [-0.05, 0) is 12.1 Å². The van der Waals surface area contributed by atoms with Crippen LogP contribution >= 0.6 is 0 Å². The molecular weight excluding hydrogens is 393 g/mol. The van der Waals surface area contributed by atoms with Crippen LogP contribution in [0.1, 0.15) is 5.69 Å². The molecule has 1 aromatic heterocycles. The van der Waals surface area contributed by atoms with Crippen molar-refractivity contribution in [2.24, 2.45) is 0 Å². The molecule has 29 heavy (non-hydrogen) atoms. The van der Waals surface area contributed by atoms with Gasteiger partial charge in [0.25, 0.3) is 0 Å². The molecule has 1 aromatic carbocycles. The third-order valence-corrected chi connectivity index (χ3v) is 4.15. The molecule has 0 fully saturated rings. The molecule has 4 N–H and O–H groups in total. The van der Waals surface area contributed by atoms with E-state index < -0.39 is 24.5 Å². The molecule has 0 amide bonds. The Kier molecular flexibility index (Phi) is 5.64. The molecule has 1 aliphatic rings. The van der Waals surface area contributed by atoms with Crippen LogP contribution in [0.25, 0.3) is 11.4 Å². The first-order valence-electron chi connectivity index (χ1n) is 8.58. The molecule has 9 nitrogen and oxygen atoms in total. The Bertz CT molecular complexity index is 928. The zero-order valence-corrected chi connectivity index (χ0v) is 15.4. The number of rotatable bonds is 6. The van der Waals surface area contributed by atoms with Crippen molar-refractivity contribution in [1.29, 1.82) is 5.41 Å². The Morgan fingerprint density at radius 3 is 2.86 bits per heavy atom. The van der Waals surface area contributed by atoms with Gasteiger partial charge in [0.1, 0.15) is 37.0 Å². The molecule has 0 radical (unpaired) electrons. The Balaban J connectivity index is 1.90. The zero-order chi connectivity index (χ0) is 21.2. The summed E-state index contributed by atoms with van der Waals surface area (Å²) in [6.45, 7) is -0.915. The molecule has 1 aliphatic heterocycles. The second-order valence-electron chi connectivity index (χ2n) is 6.22. The maximum Gasteiger partial charge on any atom is 0.407 e. The van der Waals surface area contributed by atoms with E-state index in [-0.39, 0.29) is 18.8 Å². The van der Waals surface area contributed by atoms with Gasteiger partial charge in [-0.1, -0.05) is 0 Å². The summed E-state index contributed by atoms with van der Waals surface area (Å²) >= 11 is 0. The van der Waals surface area contributed by atoms with E-state index >= 15 is 0 Å². The molecule has 2 heterocycles. The zero-order valence-electron chi connectivity index (χ0n) is 15.4. The lowest BCUT2D eigenvalue weighted by Crippen LogP contribution is -2.46. The number of carboxylic acids is 1. The normalized spacial score (nSPS) is 13.0. The summed E-state index contributed by atoms with van der Waals surface area (Å²) in [6, 6.07) is 4.98. The average molecular weight is 412 g/mol. The lowest BCUT2D eigenvalue weighted by molar-refractivity contribution is -0.142. The van der Waals surface area contributed by atoms with E-state index in [1.165, 1.54) is 13.2 Å². The Labute approximate surface area is 163 Å². The van der Waals surface area contributed by atoms with E-state index in [4.69, 9.17) is 15.3 Å². The van der Waals surface area contributed by atoms with Crippen LogP contribution in [0.4, 0.5) is 18.9 Å². The minimum absolute atomic E-state index is 0.0829. The first-order chi connectivity index (χ1) is 13.7. The number of benzene rings is 1. The van der Waals surface area contributed by atoms with Gasteiger partial charge in [-0.15, -0.1) is 0 Å². The van der Waals surface area contributed by atoms with Gasteiger partial charge in [-0.25, -0.2) is 10.4 Å². The molecule has 0 atom stereocenters. The molecule has 2 aromatic rings. The molecule has 0 spiro atoms. The predicted octanol–water partition coefficient (Wildman–Crippen LogP) is 1.76. The number of nitrogens with zero attached hydrogens (tertiary/aromatic N) is 3. The highest BCUT2D eigenvalue weighted by molar-refractivity contribution is 5.95. The average Bonchev–Trinajstić information content (AvgIpc) is 2.99. The number of halogens is 3.